The first-order valence-corrected chi connectivity index (χ1v) is 7.24. The molecule has 3 rings (SSSR count). The maximum absolute atomic E-state index is 13.2. The molecular weight excluding hydrogens is 257 g/mol. The number of carbonyl (C=O) groups excluding carboxylic acids is 1. The van der Waals surface area contributed by atoms with Gasteiger partial charge >= 0.3 is 0 Å². The Balaban J connectivity index is 1.56. The largest absolute Gasteiger partial charge is 0.391 e. The van der Waals surface area contributed by atoms with E-state index in [0.29, 0.717) is 12.5 Å². The number of rotatable bonds is 5. The van der Waals surface area contributed by atoms with Crippen molar-refractivity contribution in [2.75, 3.05) is 13.6 Å². The second-order valence-electron chi connectivity index (χ2n) is 6.13. The molecular formula is C16H20FNO2. The quantitative estimate of drug-likeness (QED) is 0.896. The van der Waals surface area contributed by atoms with Crippen LogP contribution in [0.4, 0.5) is 4.39 Å². The number of nitrogens with zero attached hydrogens (tertiary/aromatic N) is 1. The second kappa shape index (κ2) is 5.17. The van der Waals surface area contributed by atoms with Gasteiger partial charge in [-0.25, -0.2) is 4.39 Å². The zero-order valence-corrected chi connectivity index (χ0v) is 11.6. The number of aliphatic hydroxyl groups excluding tert-OH is 1. The molecule has 2 fully saturated rings. The van der Waals surface area contributed by atoms with Crippen LogP contribution in [0.1, 0.15) is 30.7 Å². The Morgan fingerprint density at radius 1 is 1.50 bits per heavy atom. The highest BCUT2D eigenvalue weighted by atomic mass is 19.1. The minimum Gasteiger partial charge on any atom is -0.391 e. The lowest BCUT2D eigenvalue weighted by atomic mass is 10.1. The minimum absolute atomic E-state index is 0.0480. The number of carbonyl (C=O) groups is 1. The predicted octanol–water partition coefficient (Wildman–Crippen LogP) is 2.16. The molecule has 0 aromatic heterocycles. The van der Waals surface area contributed by atoms with Gasteiger partial charge in [-0.05, 0) is 48.8 Å². The fraction of sp³-hybridized carbons (Fsp3) is 0.562. The monoisotopic (exact) mass is 277 g/mol. The molecule has 0 spiro atoms. The van der Waals surface area contributed by atoms with E-state index in [9.17, 15) is 14.3 Å². The first kappa shape index (κ1) is 13.6. The standard InChI is InChI=1S/C16H20FNO2/c1-18(9-15(19)10-5-6-10)16(20)14-8-13(14)11-3-2-4-12(17)7-11/h2-4,7,10,13-15,19H,5-6,8-9H2,1H3/t13-,14-,15+/m1/s1. The van der Waals surface area contributed by atoms with E-state index in [4.69, 9.17) is 0 Å². The van der Waals surface area contributed by atoms with Crippen LogP contribution >= 0.6 is 0 Å². The maximum Gasteiger partial charge on any atom is 0.226 e. The Bertz CT molecular complexity index is 515. The Morgan fingerprint density at radius 2 is 2.25 bits per heavy atom. The predicted molar refractivity (Wildman–Crippen MR) is 73.6 cm³/mol. The zero-order valence-electron chi connectivity index (χ0n) is 11.6. The van der Waals surface area contributed by atoms with Crippen LogP contribution in [0, 0.1) is 17.7 Å². The van der Waals surface area contributed by atoms with Gasteiger partial charge < -0.3 is 10.0 Å². The summed E-state index contributed by atoms with van der Waals surface area (Å²) in [7, 11) is 1.74. The number of aliphatic hydroxyl groups is 1. The average molecular weight is 277 g/mol. The number of benzene rings is 1. The molecule has 108 valence electrons. The molecule has 1 N–H and O–H groups in total. The van der Waals surface area contributed by atoms with Gasteiger partial charge in [0.25, 0.3) is 0 Å². The van der Waals surface area contributed by atoms with Gasteiger partial charge in [-0.1, -0.05) is 12.1 Å². The summed E-state index contributed by atoms with van der Waals surface area (Å²) in [5.74, 6) is 0.285. The number of amides is 1. The van der Waals surface area contributed by atoms with E-state index >= 15 is 0 Å². The number of hydrogen-bond acceptors (Lipinski definition) is 2. The first-order valence-electron chi connectivity index (χ1n) is 7.24. The number of likely N-dealkylation sites (N-methyl/N-ethyl adjacent to an activating group) is 1. The van der Waals surface area contributed by atoms with Crippen molar-refractivity contribution < 1.29 is 14.3 Å². The van der Waals surface area contributed by atoms with Crippen LogP contribution in [0.15, 0.2) is 24.3 Å². The summed E-state index contributed by atoms with van der Waals surface area (Å²) in [4.78, 5) is 13.9. The summed E-state index contributed by atoms with van der Waals surface area (Å²) in [5, 5.41) is 9.89. The Hall–Kier alpha value is -1.42. The maximum atomic E-state index is 13.2. The topological polar surface area (TPSA) is 40.5 Å². The summed E-state index contributed by atoms with van der Waals surface area (Å²) in [6.45, 7) is 0.413. The summed E-state index contributed by atoms with van der Waals surface area (Å²) < 4.78 is 13.2. The van der Waals surface area contributed by atoms with Crippen molar-refractivity contribution in [2.24, 2.45) is 11.8 Å². The summed E-state index contributed by atoms with van der Waals surface area (Å²) in [6, 6.07) is 6.49. The molecule has 3 atom stereocenters. The van der Waals surface area contributed by atoms with Crippen molar-refractivity contribution in [1.82, 2.24) is 4.90 Å². The lowest BCUT2D eigenvalue weighted by Crippen LogP contribution is -2.36. The molecule has 4 heteroatoms. The summed E-state index contributed by atoms with van der Waals surface area (Å²) >= 11 is 0. The molecule has 2 aliphatic rings. The molecule has 0 heterocycles. The van der Waals surface area contributed by atoms with E-state index in [2.05, 4.69) is 0 Å². The van der Waals surface area contributed by atoms with Crippen molar-refractivity contribution >= 4 is 5.91 Å². The molecule has 0 bridgehead atoms. The highest BCUT2D eigenvalue weighted by Crippen LogP contribution is 2.48. The summed E-state index contributed by atoms with van der Waals surface area (Å²) in [5.41, 5.74) is 0.902. The van der Waals surface area contributed by atoms with Gasteiger partial charge in [0.1, 0.15) is 5.82 Å². The Labute approximate surface area is 118 Å². The van der Waals surface area contributed by atoms with E-state index in [-0.39, 0.29) is 23.6 Å². The van der Waals surface area contributed by atoms with E-state index < -0.39 is 6.10 Å². The molecule has 0 aliphatic heterocycles. The van der Waals surface area contributed by atoms with Crippen LogP contribution in [0.5, 0.6) is 0 Å². The molecule has 0 radical (unpaired) electrons. The lowest BCUT2D eigenvalue weighted by Gasteiger charge is -2.21. The highest BCUT2D eigenvalue weighted by Gasteiger charge is 2.45. The lowest BCUT2D eigenvalue weighted by molar-refractivity contribution is -0.132. The van der Waals surface area contributed by atoms with Crippen molar-refractivity contribution in [2.45, 2.75) is 31.3 Å². The summed E-state index contributed by atoms with van der Waals surface area (Å²) in [6.07, 6.45) is 2.53. The molecule has 1 aromatic carbocycles. The van der Waals surface area contributed by atoms with E-state index in [1.54, 1.807) is 18.0 Å². The Kier molecular flexibility index (Phi) is 3.50. The van der Waals surface area contributed by atoms with Crippen LogP contribution in [0.3, 0.4) is 0 Å². The van der Waals surface area contributed by atoms with E-state index in [1.165, 1.54) is 12.1 Å². The van der Waals surface area contributed by atoms with Crippen molar-refractivity contribution in [3.63, 3.8) is 0 Å². The smallest absolute Gasteiger partial charge is 0.226 e. The van der Waals surface area contributed by atoms with Crippen molar-refractivity contribution in [3.8, 4) is 0 Å². The van der Waals surface area contributed by atoms with Gasteiger partial charge in [0.05, 0.1) is 6.10 Å². The number of halogens is 1. The molecule has 20 heavy (non-hydrogen) atoms. The van der Waals surface area contributed by atoms with Crippen LogP contribution in [-0.2, 0) is 4.79 Å². The fourth-order valence-electron chi connectivity index (χ4n) is 2.86. The molecule has 0 unspecified atom stereocenters. The molecule has 3 nitrogen and oxygen atoms in total. The molecule has 0 saturated heterocycles. The molecule has 1 aromatic rings. The van der Waals surface area contributed by atoms with Crippen LogP contribution in [0.25, 0.3) is 0 Å². The second-order valence-corrected chi connectivity index (χ2v) is 6.13. The van der Waals surface area contributed by atoms with Gasteiger partial charge in [0, 0.05) is 19.5 Å². The van der Waals surface area contributed by atoms with Gasteiger partial charge in [-0.3, -0.25) is 4.79 Å². The zero-order chi connectivity index (χ0) is 14.3. The van der Waals surface area contributed by atoms with Gasteiger partial charge in [0.15, 0.2) is 0 Å². The van der Waals surface area contributed by atoms with Gasteiger partial charge in [-0.2, -0.15) is 0 Å². The average Bonchev–Trinajstić information content (AvgIpc) is 3.29. The van der Waals surface area contributed by atoms with Crippen LogP contribution < -0.4 is 0 Å². The Morgan fingerprint density at radius 3 is 2.90 bits per heavy atom. The fourth-order valence-corrected chi connectivity index (χ4v) is 2.86. The molecule has 2 saturated carbocycles. The first-order chi connectivity index (χ1) is 9.56. The van der Waals surface area contributed by atoms with Gasteiger partial charge in [0.2, 0.25) is 5.91 Å². The third-order valence-electron chi connectivity index (χ3n) is 4.39. The van der Waals surface area contributed by atoms with Crippen LogP contribution in [0.2, 0.25) is 0 Å². The van der Waals surface area contributed by atoms with Gasteiger partial charge in [-0.15, -0.1) is 0 Å². The minimum atomic E-state index is -0.393. The van der Waals surface area contributed by atoms with Crippen molar-refractivity contribution in [1.29, 1.82) is 0 Å². The van der Waals surface area contributed by atoms with Crippen molar-refractivity contribution in [3.05, 3.63) is 35.6 Å². The normalized spacial score (nSPS) is 26.1. The van der Waals surface area contributed by atoms with E-state index in [1.807, 2.05) is 6.07 Å². The molecule has 2 aliphatic carbocycles. The third kappa shape index (κ3) is 2.85. The number of hydrogen-bond donors (Lipinski definition) is 1. The van der Waals surface area contributed by atoms with E-state index in [0.717, 1.165) is 24.8 Å². The SMILES string of the molecule is CN(C[C@H](O)C1CC1)C(=O)[C@@H]1C[C@@H]1c1cccc(F)c1. The van der Waals surface area contributed by atoms with Crippen LogP contribution in [-0.4, -0.2) is 35.6 Å². The highest BCUT2D eigenvalue weighted by molar-refractivity contribution is 5.82. The molecule has 1 amide bonds. The third-order valence-corrected chi connectivity index (χ3v) is 4.39.